The zero-order valence-electron chi connectivity index (χ0n) is 11.4. The first-order valence-corrected chi connectivity index (χ1v) is 8.69. The molecule has 0 aliphatic carbocycles. The third-order valence-electron chi connectivity index (χ3n) is 2.73. The van der Waals surface area contributed by atoms with Gasteiger partial charge in [0.15, 0.2) is 0 Å². The van der Waals surface area contributed by atoms with Crippen molar-refractivity contribution in [3.05, 3.63) is 46.2 Å². The molecule has 0 saturated carbocycles. The molecule has 1 aromatic heterocycles. The summed E-state index contributed by atoms with van der Waals surface area (Å²) in [6, 6.07) is 7.05. The molecule has 0 aliphatic rings. The summed E-state index contributed by atoms with van der Waals surface area (Å²) in [5, 5.41) is 3.84. The van der Waals surface area contributed by atoms with E-state index in [1.165, 1.54) is 0 Å². The third kappa shape index (κ3) is 3.59. The summed E-state index contributed by atoms with van der Waals surface area (Å²) in [6.45, 7) is 4.39. The molecule has 0 amide bonds. The molecule has 0 atom stereocenters. The highest BCUT2D eigenvalue weighted by Crippen LogP contribution is 2.25. The number of rotatable bonds is 6. The van der Waals surface area contributed by atoms with Crippen LogP contribution in [-0.4, -0.2) is 15.0 Å². The number of sulfonamides is 1. The van der Waals surface area contributed by atoms with Crippen LogP contribution in [0.5, 0.6) is 5.75 Å². The maximum Gasteiger partial charge on any atom is 0.244 e. The lowest BCUT2D eigenvalue weighted by molar-refractivity contribution is 0.331. The van der Waals surface area contributed by atoms with Gasteiger partial charge in [-0.15, -0.1) is 0 Å². The van der Waals surface area contributed by atoms with E-state index in [1.807, 2.05) is 36.7 Å². The fourth-order valence-corrected chi connectivity index (χ4v) is 3.66. The van der Waals surface area contributed by atoms with E-state index in [-0.39, 0.29) is 11.4 Å². The Morgan fingerprint density at radius 2 is 2.10 bits per heavy atom. The minimum absolute atomic E-state index is 0.189. The van der Waals surface area contributed by atoms with Gasteiger partial charge in [0.05, 0.1) is 6.61 Å². The summed E-state index contributed by atoms with van der Waals surface area (Å²) >= 11 is 1.54. The van der Waals surface area contributed by atoms with Gasteiger partial charge in [0.2, 0.25) is 10.0 Å². The number of aryl methyl sites for hydroxylation is 1. The molecule has 0 aliphatic heterocycles. The van der Waals surface area contributed by atoms with Gasteiger partial charge in [0, 0.05) is 6.54 Å². The highest BCUT2D eigenvalue weighted by atomic mass is 32.2. The van der Waals surface area contributed by atoms with Crippen molar-refractivity contribution < 1.29 is 13.2 Å². The Bertz CT molecular complexity index is 664. The topological polar surface area (TPSA) is 55.4 Å². The van der Waals surface area contributed by atoms with Crippen LogP contribution in [0.2, 0.25) is 0 Å². The Morgan fingerprint density at radius 1 is 1.30 bits per heavy atom. The van der Waals surface area contributed by atoms with Crippen LogP contribution in [0.3, 0.4) is 0 Å². The van der Waals surface area contributed by atoms with Crippen LogP contribution in [0.1, 0.15) is 18.1 Å². The third-order valence-corrected chi connectivity index (χ3v) is 4.89. The van der Waals surface area contributed by atoms with E-state index in [1.54, 1.807) is 23.5 Å². The van der Waals surface area contributed by atoms with Crippen LogP contribution in [0.15, 0.2) is 39.9 Å². The lowest BCUT2D eigenvalue weighted by Gasteiger charge is -2.12. The second kappa shape index (κ2) is 6.39. The SMILES string of the molecule is CCOc1ccc(C)cc1S(=O)(=O)NCc1ccsc1. The van der Waals surface area contributed by atoms with Gasteiger partial charge < -0.3 is 4.74 Å². The molecule has 6 heteroatoms. The Hall–Kier alpha value is -1.37. The zero-order chi connectivity index (χ0) is 14.6. The average Bonchev–Trinajstić information content (AvgIpc) is 2.92. The summed E-state index contributed by atoms with van der Waals surface area (Å²) in [7, 11) is -3.58. The van der Waals surface area contributed by atoms with E-state index in [4.69, 9.17) is 4.74 Å². The lowest BCUT2D eigenvalue weighted by atomic mass is 10.2. The van der Waals surface area contributed by atoms with E-state index in [0.717, 1.165) is 11.1 Å². The van der Waals surface area contributed by atoms with Crippen LogP contribution in [0.4, 0.5) is 0 Å². The molecule has 0 spiro atoms. The van der Waals surface area contributed by atoms with E-state index in [9.17, 15) is 8.42 Å². The van der Waals surface area contributed by atoms with Gasteiger partial charge in [-0.25, -0.2) is 13.1 Å². The zero-order valence-corrected chi connectivity index (χ0v) is 13.1. The molecule has 0 radical (unpaired) electrons. The summed E-state index contributed by atoms with van der Waals surface area (Å²) in [5.74, 6) is 0.385. The van der Waals surface area contributed by atoms with Crippen LogP contribution in [-0.2, 0) is 16.6 Å². The first kappa shape index (κ1) is 15.0. The van der Waals surface area contributed by atoms with Gasteiger partial charge in [-0.1, -0.05) is 6.07 Å². The molecular formula is C14H17NO3S2. The standard InChI is InChI=1S/C14H17NO3S2/c1-3-18-13-5-4-11(2)8-14(13)20(16,17)15-9-12-6-7-19-10-12/h4-8,10,15H,3,9H2,1-2H3. The molecule has 108 valence electrons. The molecule has 0 fully saturated rings. The van der Waals surface area contributed by atoms with Crippen molar-refractivity contribution in [1.82, 2.24) is 4.72 Å². The highest BCUT2D eigenvalue weighted by Gasteiger charge is 2.19. The summed E-state index contributed by atoms with van der Waals surface area (Å²) in [5.41, 5.74) is 1.83. The van der Waals surface area contributed by atoms with Crippen LogP contribution in [0.25, 0.3) is 0 Å². The first-order chi connectivity index (χ1) is 9.53. The number of nitrogens with one attached hydrogen (secondary N) is 1. The minimum Gasteiger partial charge on any atom is -0.492 e. The van der Waals surface area contributed by atoms with Crippen molar-refractivity contribution in [3.63, 3.8) is 0 Å². The van der Waals surface area contributed by atoms with Crippen LogP contribution >= 0.6 is 11.3 Å². The van der Waals surface area contributed by atoms with Gasteiger partial charge in [0.1, 0.15) is 10.6 Å². The van der Waals surface area contributed by atoms with Gasteiger partial charge in [0.25, 0.3) is 0 Å². The second-order valence-electron chi connectivity index (χ2n) is 4.34. The Kier molecular flexibility index (Phi) is 4.80. The van der Waals surface area contributed by atoms with Gasteiger partial charge >= 0.3 is 0 Å². The number of ether oxygens (including phenoxy) is 1. The Balaban J connectivity index is 2.26. The number of thiophene rings is 1. The molecule has 1 aromatic carbocycles. The molecular weight excluding hydrogens is 294 g/mol. The molecule has 0 bridgehead atoms. The smallest absolute Gasteiger partial charge is 0.244 e. The summed E-state index contributed by atoms with van der Waals surface area (Å²) < 4.78 is 32.8. The highest BCUT2D eigenvalue weighted by molar-refractivity contribution is 7.89. The number of hydrogen-bond acceptors (Lipinski definition) is 4. The average molecular weight is 311 g/mol. The second-order valence-corrected chi connectivity index (χ2v) is 6.85. The Morgan fingerprint density at radius 3 is 2.75 bits per heavy atom. The molecule has 4 nitrogen and oxygen atoms in total. The van der Waals surface area contributed by atoms with Crippen molar-refractivity contribution in [2.75, 3.05) is 6.61 Å². The van der Waals surface area contributed by atoms with Crippen LogP contribution in [0, 0.1) is 6.92 Å². The molecule has 0 saturated heterocycles. The Labute approximate surface area is 123 Å². The normalized spacial score (nSPS) is 11.5. The molecule has 1 heterocycles. The predicted octanol–water partition coefficient (Wildman–Crippen LogP) is 2.93. The van der Waals surface area contributed by atoms with Crippen molar-refractivity contribution in [1.29, 1.82) is 0 Å². The van der Waals surface area contributed by atoms with Gasteiger partial charge in [-0.3, -0.25) is 0 Å². The predicted molar refractivity (Wildman–Crippen MR) is 80.7 cm³/mol. The maximum atomic E-state index is 12.4. The number of hydrogen-bond donors (Lipinski definition) is 1. The minimum atomic E-state index is -3.58. The summed E-state index contributed by atoms with van der Waals surface area (Å²) in [4.78, 5) is 0.189. The quantitative estimate of drug-likeness (QED) is 0.892. The van der Waals surface area contributed by atoms with E-state index >= 15 is 0 Å². The monoisotopic (exact) mass is 311 g/mol. The fraction of sp³-hybridized carbons (Fsp3) is 0.286. The van der Waals surface area contributed by atoms with Crippen molar-refractivity contribution in [2.45, 2.75) is 25.3 Å². The first-order valence-electron chi connectivity index (χ1n) is 6.27. The van der Waals surface area contributed by atoms with Crippen molar-refractivity contribution >= 4 is 21.4 Å². The van der Waals surface area contributed by atoms with E-state index in [2.05, 4.69) is 4.72 Å². The maximum absolute atomic E-state index is 12.4. The molecule has 2 aromatic rings. The molecule has 20 heavy (non-hydrogen) atoms. The largest absolute Gasteiger partial charge is 0.492 e. The van der Waals surface area contributed by atoms with E-state index in [0.29, 0.717) is 12.4 Å². The van der Waals surface area contributed by atoms with Crippen molar-refractivity contribution in [3.8, 4) is 5.75 Å². The van der Waals surface area contributed by atoms with E-state index < -0.39 is 10.0 Å². The van der Waals surface area contributed by atoms with Crippen LogP contribution < -0.4 is 9.46 Å². The fourth-order valence-electron chi connectivity index (χ4n) is 1.75. The van der Waals surface area contributed by atoms with Crippen molar-refractivity contribution in [2.24, 2.45) is 0 Å². The van der Waals surface area contributed by atoms with Gasteiger partial charge in [-0.05, 0) is 53.9 Å². The molecule has 1 N–H and O–H groups in total. The summed E-state index contributed by atoms with van der Waals surface area (Å²) in [6.07, 6.45) is 0. The van der Waals surface area contributed by atoms with Gasteiger partial charge in [-0.2, -0.15) is 11.3 Å². The lowest BCUT2D eigenvalue weighted by Crippen LogP contribution is -2.23. The molecule has 0 unspecified atom stereocenters. The molecule has 2 rings (SSSR count). The number of benzene rings is 1.